The van der Waals surface area contributed by atoms with Crippen molar-refractivity contribution < 1.29 is 0 Å². The maximum absolute atomic E-state index is 3.58. The van der Waals surface area contributed by atoms with E-state index in [0.29, 0.717) is 6.04 Å². The molecule has 76 valence electrons. The molecule has 1 saturated heterocycles. The highest BCUT2D eigenvalue weighted by Gasteiger charge is 2.12. The van der Waals surface area contributed by atoms with E-state index in [1.807, 2.05) is 0 Å². The Hall–Kier alpha value is -0.150. The van der Waals surface area contributed by atoms with Crippen molar-refractivity contribution in [3.8, 4) is 0 Å². The fraction of sp³-hybridized carbons (Fsp3) is 0.455. The number of rotatable bonds is 2. The van der Waals surface area contributed by atoms with Crippen LogP contribution in [0.1, 0.15) is 12.8 Å². The van der Waals surface area contributed by atoms with Crippen LogP contribution < -0.4 is 5.32 Å². The van der Waals surface area contributed by atoms with E-state index in [-0.39, 0.29) is 0 Å². The minimum absolute atomic E-state index is 0.672. The van der Waals surface area contributed by atoms with Gasteiger partial charge in [-0.15, -0.1) is 0 Å². The summed E-state index contributed by atoms with van der Waals surface area (Å²) in [7, 11) is 0. The lowest BCUT2D eigenvalue weighted by atomic mass is 10.1. The summed E-state index contributed by atoms with van der Waals surface area (Å²) in [5, 5.41) is 3.58. The van der Waals surface area contributed by atoms with Crippen LogP contribution in [0.4, 0.5) is 5.69 Å². The summed E-state index contributed by atoms with van der Waals surface area (Å²) in [5.41, 5.74) is 1.23. The average Bonchev–Trinajstić information content (AvgIpc) is 2.19. The van der Waals surface area contributed by atoms with Gasteiger partial charge in [-0.1, -0.05) is 22.0 Å². The molecule has 0 unspecified atom stereocenters. The third kappa shape index (κ3) is 2.92. The van der Waals surface area contributed by atoms with Gasteiger partial charge in [-0.25, -0.2) is 0 Å². The van der Waals surface area contributed by atoms with Crippen molar-refractivity contribution in [1.29, 1.82) is 0 Å². The number of hydrogen-bond donors (Lipinski definition) is 1. The van der Waals surface area contributed by atoms with Crippen molar-refractivity contribution >= 4 is 33.4 Å². The third-order valence-corrected chi connectivity index (χ3v) is 3.96. The van der Waals surface area contributed by atoms with Crippen LogP contribution in [-0.2, 0) is 0 Å². The summed E-state index contributed by atoms with van der Waals surface area (Å²) in [5.74, 6) is 2.59. The van der Waals surface area contributed by atoms with Gasteiger partial charge in [0.25, 0.3) is 0 Å². The summed E-state index contributed by atoms with van der Waals surface area (Å²) in [4.78, 5) is 0. The molecule has 14 heavy (non-hydrogen) atoms. The van der Waals surface area contributed by atoms with Crippen LogP contribution in [0, 0.1) is 0 Å². The van der Waals surface area contributed by atoms with Gasteiger partial charge in [0.1, 0.15) is 0 Å². The zero-order valence-electron chi connectivity index (χ0n) is 8.00. The van der Waals surface area contributed by atoms with Crippen molar-refractivity contribution in [1.82, 2.24) is 0 Å². The van der Waals surface area contributed by atoms with E-state index < -0.39 is 0 Å². The Morgan fingerprint density at radius 3 is 2.79 bits per heavy atom. The number of nitrogens with one attached hydrogen (secondary N) is 1. The Bertz CT molecular complexity index is 297. The molecule has 0 aliphatic carbocycles. The van der Waals surface area contributed by atoms with E-state index in [2.05, 4.69) is 57.3 Å². The van der Waals surface area contributed by atoms with Crippen LogP contribution in [0.5, 0.6) is 0 Å². The molecule has 0 amide bonds. The summed E-state index contributed by atoms with van der Waals surface area (Å²) in [6, 6.07) is 9.07. The quantitative estimate of drug-likeness (QED) is 0.879. The summed E-state index contributed by atoms with van der Waals surface area (Å²) >= 11 is 5.55. The number of halogens is 1. The van der Waals surface area contributed by atoms with E-state index in [4.69, 9.17) is 0 Å². The van der Waals surface area contributed by atoms with Crippen molar-refractivity contribution in [3.63, 3.8) is 0 Å². The minimum Gasteiger partial charge on any atom is -0.382 e. The van der Waals surface area contributed by atoms with Crippen molar-refractivity contribution in [3.05, 3.63) is 28.7 Å². The normalized spacial score (nSPS) is 18.1. The minimum atomic E-state index is 0.672. The lowest BCUT2D eigenvalue weighted by Crippen LogP contribution is -2.24. The first-order chi connectivity index (χ1) is 6.84. The van der Waals surface area contributed by atoms with Crippen molar-refractivity contribution in [2.75, 3.05) is 16.8 Å². The number of anilines is 1. The molecule has 3 heteroatoms. The lowest BCUT2D eigenvalue weighted by molar-refractivity contribution is 0.667. The first-order valence-electron chi connectivity index (χ1n) is 4.94. The predicted octanol–water partition coefficient (Wildman–Crippen LogP) is 3.76. The Labute approximate surface area is 97.8 Å². The average molecular weight is 272 g/mol. The van der Waals surface area contributed by atoms with Gasteiger partial charge in [0, 0.05) is 16.2 Å². The van der Waals surface area contributed by atoms with Crippen LogP contribution in [0.2, 0.25) is 0 Å². The number of hydrogen-bond acceptors (Lipinski definition) is 2. The van der Waals surface area contributed by atoms with E-state index in [9.17, 15) is 0 Å². The van der Waals surface area contributed by atoms with Crippen LogP contribution in [-0.4, -0.2) is 17.5 Å². The molecule has 1 N–H and O–H groups in total. The highest BCUT2D eigenvalue weighted by atomic mass is 79.9. The second-order valence-electron chi connectivity index (χ2n) is 3.54. The SMILES string of the molecule is Brc1cccc(NC2CCSCC2)c1. The van der Waals surface area contributed by atoms with Crippen LogP contribution in [0.3, 0.4) is 0 Å². The summed E-state index contributed by atoms with van der Waals surface area (Å²) < 4.78 is 1.15. The molecule has 0 bridgehead atoms. The van der Waals surface area contributed by atoms with E-state index in [1.165, 1.54) is 30.0 Å². The summed E-state index contributed by atoms with van der Waals surface area (Å²) in [6.45, 7) is 0. The molecule has 0 radical (unpaired) electrons. The molecule has 2 rings (SSSR count). The molecule has 1 fully saturated rings. The van der Waals surface area contributed by atoms with Gasteiger partial charge in [-0.3, -0.25) is 0 Å². The van der Waals surface area contributed by atoms with Crippen LogP contribution in [0.15, 0.2) is 28.7 Å². The second kappa shape index (κ2) is 5.08. The lowest BCUT2D eigenvalue weighted by Gasteiger charge is -2.23. The largest absolute Gasteiger partial charge is 0.382 e. The third-order valence-electron chi connectivity index (χ3n) is 2.42. The van der Waals surface area contributed by atoms with E-state index in [1.54, 1.807) is 0 Å². The smallest absolute Gasteiger partial charge is 0.0353 e. The van der Waals surface area contributed by atoms with Gasteiger partial charge >= 0.3 is 0 Å². The monoisotopic (exact) mass is 271 g/mol. The highest BCUT2D eigenvalue weighted by molar-refractivity contribution is 9.10. The molecule has 1 aromatic carbocycles. The molecule has 1 aromatic rings. The Morgan fingerprint density at radius 2 is 2.07 bits per heavy atom. The van der Waals surface area contributed by atoms with Crippen molar-refractivity contribution in [2.45, 2.75) is 18.9 Å². The summed E-state index contributed by atoms with van der Waals surface area (Å²) in [6.07, 6.45) is 2.58. The van der Waals surface area contributed by atoms with Gasteiger partial charge in [0.2, 0.25) is 0 Å². The molecule has 0 aromatic heterocycles. The maximum atomic E-state index is 3.58. The Kier molecular flexibility index (Phi) is 3.76. The molecule has 1 aliphatic rings. The second-order valence-corrected chi connectivity index (χ2v) is 5.68. The maximum Gasteiger partial charge on any atom is 0.0353 e. The van der Waals surface area contributed by atoms with Crippen LogP contribution in [0.25, 0.3) is 0 Å². The molecule has 1 aliphatic heterocycles. The van der Waals surface area contributed by atoms with Gasteiger partial charge in [0.05, 0.1) is 0 Å². The van der Waals surface area contributed by atoms with Gasteiger partial charge in [0.15, 0.2) is 0 Å². The first kappa shape index (κ1) is 10.4. The Morgan fingerprint density at radius 1 is 1.29 bits per heavy atom. The molecular formula is C11H14BrNS. The van der Waals surface area contributed by atoms with Gasteiger partial charge in [-0.2, -0.15) is 11.8 Å². The fourth-order valence-corrected chi connectivity index (χ4v) is 3.16. The molecule has 0 atom stereocenters. The number of thioether (sulfide) groups is 1. The van der Waals surface area contributed by atoms with Crippen LogP contribution >= 0.6 is 27.7 Å². The van der Waals surface area contributed by atoms with Gasteiger partial charge in [-0.05, 0) is 42.5 Å². The first-order valence-corrected chi connectivity index (χ1v) is 6.89. The molecular weight excluding hydrogens is 258 g/mol. The molecule has 1 nitrogen and oxygen atoms in total. The molecule has 1 heterocycles. The van der Waals surface area contributed by atoms with E-state index >= 15 is 0 Å². The predicted molar refractivity (Wildman–Crippen MR) is 68.1 cm³/mol. The standard InChI is InChI=1S/C11H14BrNS/c12-9-2-1-3-11(8-9)13-10-4-6-14-7-5-10/h1-3,8,10,13H,4-7H2. The van der Waals surface area contributed by atoms with E-state index in [0.717, 1.165) is 4.47 Å². The Balaban J connectivity index is 1.95. The zero-order valence-corrected chi connectivity index (χ0v) is 10.4. The van der Waals surface area contributed by atoms with Crippen molar-refractivity contribution in [2.24, 2.45) is 0 Å². The number of benzene rings is 1. The fourth-order valence-electron chi connectivity index (χ4n) is 1.66. The molecule has 0 spiro atoms. The zero-order chi connectivity index (χ0) is 9.80. The highest BCUT2D eigenvalue weighted by Crippen LogP contribution is 2.22. The molecule has 0 saturated carbocycles. The van der Waals surface area contributed by atoms with Gasteiger partial charge < -0.3 is 5.32 Å². The topological polar surface area (TPSA) is 12.0 Å².